The van der Waals surface area contributed by atoms with Crippen LogP contribution in [0.3, 0.4) is 0 Å². The molecule has 0 radical (unpaired) electrons. The first-order valence-electron chi connectivity index (χ1n) is 11.8. The van der Waals surface area contributed by atoms with Crippen LogP contribution < -0.4 is 5.32 Å². The number of fused-ring (bicyclic) bond motifs is 2. The molecule has 6 aromatic rings. The minimum atomic E-state index is -0.00313. The quantitative estimate of drug-likeness (QED) is 0.237. The largest absolute Gasteiger partial charge is 0.353 e. The lowest BCUT2D eigenvalue weighted by Crippen LogP contribution is -2.11. The molecule has 0 bridgehead atoms. The van der Waals surface area contributed by atoms with Gasteiger partial charge < -0.3 is 10.3 Å². The van der Waals surface area contributed by atoms with Gasteiger partial charge in [0.25, 0.3) is 0 Å². The van der Waals surface area contributed by atoms with E-state index in [0.717, 1.165) is 62.9 Å². The van der Waals surface area contributed by atoms with Crippen molar-refractivity contribution in [2.75, 3.05) is 5.32 Å². The summed E-state index contributed by atoms with van der Waals surface area (Å²) in [5.74, 6) is -0.00313. The number of nitrogens with zero attached hydrogens (tertiary/aromatic N) is 4. The van der Waals surface area contributed by atoms with E-state index in [0.29, 0.717) is 17.8 Å². The van der Waals surface area contributed by atoms with Crippen molar-refractivity contribution in [1.82, 2.24) is 30.1 Å². The van der Waals surface area contributed by atoms with E-state index in [2.05, 4.69) is 65.3 Å². The average molecular weight is 494 g/mol. The summed E-state index contributed by atoms with van der Waals surface area (Å²) >= 11 is 1.65. The smallest absolute Gasteiger partial charge is 0.224 e. The van der Waals surface area contributed by atoms with Gasteiger partial charge in [-0.05, 0) is 42.1 Å². The third-order valence-corrected chi connectivity index (χ3v) is 6.82. The number of hydrogen-bond donors (Lipinski definition) is 3. The number of carbonyl (C=O) groups excluding carboxylic acids is 1. The van der Waals surface area contributed by atoms with Crippen LogP contribution in [0.1, 0.15) is 26.2 Å². The molecule has 0 aliphatic rings. The average Bonchev–Trinajstić information content (AvgIpc) is 3.66. The van der Waals surface area contributed by atoms with Gasteiger partial charge in [-0.2, -0.15) is 16.4 Å². The van der Waals surface area contributed by atoms with Gasteiger partial charge in [0.05, 0.1) is 29.0 Å². The third kappa shape index (κ3) is 4.14. The molecule has 6 heterocycles. The Morgan fingerprint density at radius 3 is 2.81 bits per heavy atom. The molecular weight excluding hydrogens is 470 g/mol. The molecule has 0 saturated heterocycles. The van der Waals surface area contributed by atoms with Crippen LogP contribution in [-0.2, 0) is 4.79 Å². The maximum absolute atomic E-state index is 12.2. The second kappa shape index (κ2) is 9.35. The number of amides is 1. The van der Waals surface area contributed by atoms with E-state index >= 15 is 0 Å². The monoisotopic (exact) mass is 493 g/mol. The molecule has 9 heteroatoms. The van der Waals surface area contributed by atoms with Crippen molar-refractivity contribution < 1.29 is 4.79 Å². The van der Waals surface area contributed by atoms with Crippen molar-refractivity contribution in [2.45, 2.75) is 26.2 Å². The fraction of sp³-hybridized carbons (Fsp3) is 0.148. The van der Waals surface area contributed by atoms with Gasteiger partial charge >= 0.3 is 0 Å². The van der Waals surface area contributed by atoms with E-state index in [1.165, 1.54) is 0 Å². The highest BCUT2D eigenvalue weighted by atomic mass is 32.1. The first-order valence-corrected chi connectivity index (χ1v) is 12.7. The zero-order chi connectivity index (χ0) is 24.5. The summed E-state index contributed by atoms with van der Waals surface area (Å²) in [4.78, 5) is 29.2. The molecule has 36 heavy (non-hydrogen) atoms. The Balaban J connectivity index is 1.37. The number of H-pyrrole nitrogens is 2. The van der Waals surface area contributed by atoms with Crippen LogP contribution in [0.4, 0.5) is 5.69 Å². The fourth-order valence-corrected chi connectivity index (χ4v) is 4.95. The van der Waals surface area contributed by atoms with Crippen LogP contribution in [0.25, 0.3) is 55.7 Å². The normalized spacial score (nSPS) is 11.4. The number of aromatic nitrogens is 6. The standard InChI is InChI=1S/C27H23N7OS/c1-2-3-4-24(35)31-19-9-17(12-28-14-19)18-10-21-26(33-34-27(21)30-13-18)23-11-20-22(32-23)5-7-29-25(20)16-6-8-36-15-16/h5-15,32H,2-4H2,1H3,(H,31,35)(H,30,33,34). The molecule has 0 atom stereocenters. The van der Waals surface area contributed by atoms with Gasteiger partial charge in [-0.15, -0.1) is 0 Å². The SMILES string of the molecule is CCCCC(=O)Nc1cncc(-c2cnc3n[nH]c(-c4cc5c(-c6ccsc6)nccc5[nH]4)c3c2)c1. The summed E-state index contributed by atoms with van der Waals surface area (Å²) in [6.45, 7) is 2.07. The summed E-state index contributed by atoms with van der Waals surface area (Å²) in [6, 6.07) is 10.1. The Labute approximate surface area is 210 Å². The van der Waals surface area contributed by atoms with E-state index in [1.54, 1.807) is 29.9 Å². The van der Waals surface area contributed by atoms with E-state index in [-0.39, 0.29) is 5.91 Å². The topological polar surface area (TPSA) is 112 Å². The van der Waals surface area contributed by atoms with Crippen molar-refractivity contribution in [1.29, 1.82) is 0 Å². The van der Waals surface area contributed by atoms with Crippen LogP contribution >= 0.6 is 11.3 Å². The lowest BCUT2D eigenvalue weighted by atomic mass is 10.1. The summed E-state index contributed by atoms with van der Waals surface area (Å²) in [6.07, 6.45) is 9.37. The van der Waals surface area contributed by atoms with Crippen molar-refractivity contribution in [3.63, 3.8) is 0 Å². The van der Waals surface area contributed by atoms with Gasteiger partial charge in [0.2, 0.25) is 5.91 Å². The number of nitrogens with one attached hydrogen (secondary N) is 3. The highest BCUT2D eigenvalue weighted by Gasteiger charge is 2.15. The molecule has 1 amide bonds. The Hall–Kier alpha value is -4.37. The molecule has 0 aliphatic heterocycles. The molecular formula is C27H23N7OS. The van der Waals surface area contributed by atoms with Gasteiger partial charge in [0.15, 0.2) is 5.65 Å². The van der Waals surface area contributed by atoms with Crippen molar-refractivity contribution in [3.8, 4) is 33.8 Å². The molecule has 6 aromatic heterocycles. The van der Waals surface area contributed by atoms with Crippen LogP contribution in [0, 0.1) is 0 Å². The van der Waals surface area contributed by atoms with E-state index in [9.17, 15) is 4.79 Å². The van der Waals surface area contributed by atoms with Gasteiger partial charge in [0.1, 0.15) is 0 Å². The number of pyridine rings is 3. The summed E-state index contributed by atoms with van der Waals surface area (Å²) in [5.41, 5.74) is 7.86. The van der Waals surface area contributed by atoms with Crippen LogP contribution in [0.5, 0.6) is 0 Å². The van der Waals surface area contributed by atoms with Gasteiger partial charge in [0, 0.05) is 63.4 Å². The molecule has 0 fully saturated rings. The van der Waals surface area contributed by atoms with E-state index < -0.39 is 0 Å². The van der Waals surface area contributed by atoms with Gasteiger partial charge in [-0.1, -0.05) is 13.3 Å². The lowest BCUT2D eigenvalue weighted by molar-refractivity contribution is -0.116. The summed E-state index contributed by atoms with van der Waals surface area (Å²) < 4.78 is 0. The van der Waals surface area contributed by atoms with Crippen molar-refractivity contribution >= 4 is 44.9 Å². The van der Waals surface area contributed by atoms with Gasteiger partial charge in [-0.25, -0.2) is 4.98 Å². The summed E-state index contributed by atoms with van der Waals surface area (Å²) in [5, 5.41) is 16.6. The van der Waals surface area contributed by atoms with E-state index in [1.807, 2.05) is 24.4 Å². The summed E-state index contributed by atoms with van der Waals surface area (Å²) in [7, 11) is 0. The highest BCUT2D eigenvalue weighted by molar-refractivity contribution is 7.08. The molecule has 0 unspecified atom stereocenters. The molecule has 6 rings (SSSR count). The Kier molecular flexibility index (Phi) is 5.74. The van der Waals surface area contributed by atoms with Crippen LogP contribution in [0.15, 0.2) is 65.9 Å². The number of unbranched alkanes of at least 4 members (excludes halogenated alkanes) is 1. The Morgan fingerprint density at radius 2 is 1.94 bits per heavy atom. The predicted molar refractivity (Wildman–Crippen MR) is 144 cm³/mol. The lowest BCUT2D eigenvalue weighted by Gasteiger charge is -2.07. The molecule has 8 nitrogen and oxygen atoms in total. The predicted octanol–water partition coefficient (Wildman–Crippen LogP) is 6.42. The molecule has 0 aromatic carbocycles. The molecule has 0 saturated carbocycles. The Morgan fingerprint density at radius 1 is 1.03 bits per heavy atom. The number of anilines is 1. The third-order valence-electron chi connectivity index (χ3n) is 6.13. The first-order chi connectivity index (χ1) is 17.7. The van der Waals surface area contributed by atoms with Gasteiger partial charge in [-0.3, -0.25) is 19.9 Å². The molecule has 0 spiro atoms. The minimum Gasteiger partial charge on any atom is -0.353 e. The Bertz CT molecular complexity index is 1680. The maximum Gasteiger partial charge on any atom is 0.224 e. The van der Waals surface area contributed by atoms with E-state index in [4.69, 9.17) is 0 Å². The number of carbonyl (C=O) groups is 1. The highest BCUT2D eigenvalue weighted by Crippen LogP contribution is 2.34. The minimum absolute atomic E-state index is 0.00313. The number of aromatic amines is 2. The molecule has 178 valence electrons. The van der Waals surface area contributed by atoms with Crippen LogP contribution in [0.2, 0.25) is 0 Å². The van der Waals surface area contributed by atoms with Crippen LogP contribution in [-0.4, -0.2) is 36.0 Å². The zero-order valence-electron chi connectivity index (χ0n) is 19.6. The number of thiophene rings is 1. The molecule has 3 N–H and O–H groups in total. The number of rotatable bonds is 7. The zero-order valence-corrected chi connectivity index (χ0v) is 20.4. The second-order valence-corrected chi connectivity index (χ2v) is 9.40. The fourth-order valence-electron chi connectivity index (χ4n) is 4.31. The second-order valence-electron chi connectivity index (χ2n) is 8.62. The van der Waals surface area contributed by atoms with Crippen molar-refractivity contribution in [3.05, 3.63) is 65.9 Å². The first kappa shape index (κ1) is 22.1. The molecule has 0 aliphatic carbocycles. The van der Waals surface area contributed by atoms with Crippen molar-refractivity contribution in [2.24, 2.45) is 0 Å². The maximum atomic E-state index is 12.2. The number of hydrogen-bond acceptors (Lipinski definition) is 6.